The second-order valence-electron chi connectivity index (χ2n) is 7.31. The summed E-state index contributed by atoms with van der Waals surface area (Å²) in [7, 11) is 1.57. The number of anilines is 2. The second kappa shape index (κ2) is 5.87. The van der Waals surface area contributed by atoms with E-state index in [1.807, 2.05) is 49.4 Å². The Kier molecular flexibility index (Phi) is 3.61. The van der Waals surface area contributed by atoms with Gasteiger partial charge in [-0.1, -0.05) is 24.3 Å². The van der Waals surface area contributed by atoms with Crippen LogP contribution in [0.4, 0.5) is 21.0 Å². The number of hydrogen-bond donors (Lipinski definition) is 1. The topological polar surface area (TPSA) is 80.3 Å². The Morgan fingerprint density at radius 1 is 1.14 bits per heavy atom. The fourth-order valence-corrected chi connectivity index (χ4v) is 4.79. The molecule has 0 radical (unpaired) electrons. The zero-order valence-corrected chi connectivity index (χ0v) is 16.3. The molecule has 3 aliphatic rings. The normalized spacial score (nSPS) is 29.3. The molecule has 29 heavy (non-hydrogen) atoms. The number of urea groups is 1. The Labute approximate surface area is 167 Å². The standard InChI is InChI=1S/C21H21N3O5/c1-4-28-17-15-11-10-14(27-3)12-16(15)24-19(26)23(13-8-6-5-7-9-13)20(2)21(17,24)22-18(25)29-20/h5-12,17H,4H2,1-3H3,(H,22,25)/t17-,20-,21-/m1/s1. The molecule has 0 saturated carbocycles. The van der Waals surface area contributed by atoms with Crippen molar-refractivity contribution in [2.45, 2.75) is 31.3 Å². The quantitative estimate of drug-likeness (QED) is 0.858. The third kappa shape index (κ3) is 2.01. The summed E-state index contributed by atoms with van der Waals surface area (Å²) in [6.45, 7) is 4.02. The number of ether oxygens (including phenoxy) is 3. The van der Waals surface area contributed by atoms with Crippen molar-refractivity contribution < 1.29 is 23.8 Å². The second-order valence-corrected chi connectivity index (χ2v) is 7.31. The maximum absolute atomic E-state index is 13.7. The Morgan fingerprint density at radius 3 is 2.59 bits per heavy atom. The summed E-state index contributed by atoms with van der Waals surface area (Å²) in [6.07, 6.45) is -1.21. The highest BCUT2D eigenvalue weighted by atomic mass is 16.6. The molecule has 1 N–H and O–H groups in total. The van der Waals surface area contributed by atoms with E-state index in [4.69, 9.17) is 14.2 Å². The summed E-state index contributed by atoms with van der Waals surface area (Å²) in [5.41, 5.74) is -0.518. The molecule has 2 aromatic carbocycles. The summed E-state index contributed by atoms with van der Waals surface area (Å²) in [5.74, 6) is 0.606. The zero-order chi connectivity index (χ0) is 20.4. The van der Waals surface area contributed by atoms with Crippen molar-refractivity contribution in [3.05, 3.63) is 54.1 Å². The molecule has 2 fully saturated rings. The maximum Gasteiger partial charge on any atom is 0.411 e. The van der Waals surface area contributed by atoms with Crippen molar-refractivity contribution >= 4 is 23.5 Å². The van der Waals surface area contributed by atoms with E-state index in [2.05, 4.69) is 5.32 Å². The fourth-order valence-electron chi connectivity index (χ4n) is 4.79. The van der Waals surface area contributed by atoms with Crippen LogP contribution in [0.25, 0.3) is 0 Å². The maximum atomic E-state index is 13.7. The minimum Gasteiger partial charge on any atom is -0.497 e. The molecule has 0 bridgehead atoms. The van der Waals surface area contributed by atoms with Gasteiger partial charge < -0.3 is 14.2 Å². The van der Waals surface area contributed by atoms with Crippen molar-refractivity contribution in [2.24, 2.45) is 0 Å². The van der Waals surface area contributed by atoms with Crippen LogP contribution in [0.2, 0.25) is 0 Å². The van der Waals surface area contributed by atoms with Gasteiger partial charge in [-0.2, -0.15) is 0 Å². The summed E-state index contributed by atoms with van der Waals surface area (Å²) in [4.78, 5) is 29.4. The number of carbonyl (C=O) groups excluding carboxylic acids is 2. The molecule has 8 nitrogen and oxygen atoms in total. The number of amides is 3. The highest BCUT2D eigenvalue weighted by Crippen LogP contribution is 2.60. The molecule has 0 unspecified atom stereocenters. The smallest absolute Gasteiger partial charge is 0.411 e. The molecule has 3 heterocycles. The van der Waals surface area contributed by atoms with Crippen LogP contribution >= 0.6 is 0 Å². The summed E-state index contributed by atoms with van der Waals surface area (Å²) in [5, 5.41) is 2.92. The summed E-state index contributed by atoms with van der Waals surface area (Å²) < 4.78 is 17.3. The van der Waals surface area contributed by atoms with Gasteiger partial charge in [0.05, 0.1) is 12.8 Å². The van der Waals surface area contributed by atoms with Crippen LogP contribution < -0.4 is 19.9 Å². The van der Waals surface area contributed by atoms with Crippen LogP contribution in [0.1, 0.15) is 25.5 Å². The van der Waals surface area contributed by atoms with Crippen LogP contribution in [-0.2, 0) is 9.47 Å². The molecule has 2 saturated heterocycles. The predicted octanol–water partition coefficient (Wildman–Crippen LogP) is 3.39. The number of methoxy groups -OCH3 is 1. The van der Waals surface area contributed by atoms with Crippen molar-refractivity contribution in [1.82, 2.24) is 5.32 Å². The molecule has 0 aliphatic carbocycles. The predicted molar refractivity (Wildman–Crippen MR) is 105 cm³/mol. The van der Waals surface area contributed by atoms with Gasteiger partial charge in [0.2, 0.25) is 11.4 Å². The summed E-state index contributed by atoms with van der Waals surface area (Å²) >= 11 is 0. The number of nitrogens with zero attached hydrogens (tertiary/aromatic N) is 2. The first-order valence-corrected chi connectivity index (χ1v) is 9.48. The molecule has 3 aliphatic heterocycles. The van der Waals surface area contributed by atoms with E-state index in [1.165, 1.54) is 4.90 Å². The number of carbonyl (C=O) groups is 2. The number of para-hydroxylation sites is 1. The Bertz CT molecular complexity index is 1010. The Hall–Kier alpha value is -3.26. The van der Waals surface area contributed by atoms with Crippen molar-refractivity contribution in [3.63, 3.8) is 0 Å². The average Bonchev–Trinajstić information content (AvgIpc) is 3.20. The molecule has 8 heteroatoms. The molecular formula is C21H21N3O5. The Morgan fingerprint density at radius 2 is 1.90 bits per heavy atom. The van der Waals surface area contributed by atoms with Crippen molar-refractivity contribution in [2.75, 3.05) is 23.5 Å². The fraction of sp³-hybridized carbons (Fsp3) is 0.333. The van der Waals surface area contributed by atoms with Crippen LogP contribution in [-0.4, -0.2) is 37.2 Å². The number of hydrogen-bond acceptors (Lipinski definition) is 5. The average molecular weight is 395 g/mol. The Balaban J connectivity index is 1.78. The molecular weight excluding hydrogens is 374 g/mol. The van der Waals surface area contributed by atoms with Gasteiger partial charge in [-0.05, 0) is 25.1 Å². The van der Waals surface area contributed by atoms with Gasteiger partial charge in [0.15, 0.2) is 0 Å². The van der Waals surface area contributed by atoms with Crippen molar-refractivity contribution in [1.29, 1.82) is 0 Å². The molecule has 3 amide bonds. The monoisotopic (exact) mass is 395 g/mol. The van der Waals surface area contributed by atoms with Gasteiger partial charge in [0.1, 0.15) is 11.9 Å². The third-order valence-corrected chi connectivity index (χ3v) is 5.94. The van der Waals surface area contributed by atoms with Crippen LogP contribution in [0.15, 0.2) is 48.5 Å². The van der Waals surface area contributed by atoms with Gasteiger partial charge in [-0.25, -0.2) is 9.59 Å². The lowest BCUT2D eigenvalue weighted by Gasteiger charge is -2.40. The lowest BCUT2D eigenvalue weighted by Crippen LogP contribution is -2.65. The van der Waals surface area contributed by atoms with E-state index < -0.39 is 23.6 Å². The summed E-state index contributed by atoms with van der Waals surface area (Å²) in [6, 6.07) is 14.3. The van der Waals surface area contributed by atoms with Gasteiger partial charge in [-0.15, -0.1) is 0 Å². The minimum absolute atomic E-state index is 0.310. The van der Waals surface area contributed by atoms with E-state index in [-0.39, 0.29) is 6.03 Å². The van der Waals surface area contributed by atoms with Gasteiger partial charge in [0.25, 0.3) is 0 Å². The highest BCUT2D eigenvalue weighted by molar-refractivity contribution is 6.12. The number of rotatable bonds is 4. The van der Waals surface area contributed by atoms with E-state index in [0.717, 1.165) is 5.56 Å². The third-order valence-electron chi connectivity index (χ3n) is 5.94. The van der Waals surface area contributed by atoms with E-state index >= 15 is 0 Å². The van der Waals surface area contributed by atoms with Crippen LogP contribution in [0, 0.1) is 0 Å². The first-order chi connectivity index (χ1) is 14.0. The molecule has 5 rings (SSSR count). The van der Waals surface area contributed by atoms with Gasteiger partial charge in [-0.3, -0.25) is 15.1 Å². The SMILES string of the molecule is CCO[C@@H]1c2ccc(OC)cc2N2C(=O)N(c3ccccc3)[C@]3(C)OC(=O)N[C@]123. The first kappa shape index (κ1) is 17.8. The first-order valence-electron chi connectivity index (χ1n) is 9.48. The minimum atomic E-state index is -1.32. The van der Waals surface area contributed by atoms with E-state index in [9.17, 15) is 9.59 Å². The van der Waals surface area contributed by atoms with Crippen LogP contribution in [0.5, 0.6) is 5.75 Å². The lowest BCUT2D eigenvalue weighted by atomic mass is 9.90. The zero-order valence-electron chi connectivity index (χ0n) is 16.3. The number of nitrogens with one attached hydrogen (secondary N) is 1. The molecule has 0 aromatic heterocycles. The number of benzene rings is 2. The number of fused-ring (bicyclic) bond motifs is 2. The number of alkyl carbamates (subject to hydrolysis) is 1. The molecule has 150 valence electrons. The van der Waals surface area contributed by atoms with E-state index in [0.29, 0.717) is 23.7 Å². The largest absolute Gasteiger partial charge is 0.497 e. The van der Waals surface area contributed by atoms with Crippen molar-refractivity contribution in [3.8, 4) is 5.75 Å². The van der Waals surface area contributed by atoms with Crippen LogP contribution in [0.3, 0.4) is 0 Å². The molecule has 3 atom stereocenters. The lowest BCUT2D eigenvalue weighted by molar-refractivity contribution is -0.0523. The van der Waals surface area contributed by atoms with Gasteiger partial charge >= 0.3 is 12.1 Å². The molecule has 1 spiro atoms. The van der Waals surface area contributed by atoms with E-state index in [1.54, 1.807) is 25.0 Å². The van der Waals surface area contributed by atoms with Gasteiger partial charge in [0, 0.05) is 30.8 Å². The molecule has 2 aromatic rings. The highest BCUT2D eigenvalue weighted by Gasteiger charge is 2.79.